The molecule has 0 aromatic heterocycles. The average Bonchev–Trinajstić information content (AvgIpc) is 2.60. The summed E-state index contributed by atoms with van der Waals surface area (Å²) in [7, 11) is -0.353. The highest BCUT2D eigenvalue weighted by Gasteiger charge is 2.55. The molecule has 0 radical (unpaired) electrons. The molecule has 18 heavy (non-hydrogen) atoms. The van der Waals surface area contributed by atoms with Gasteiger partial charge in [0, 0.05) is 14.2 Å². The zero-order valence-corrected chi connectivity index (χ0v) is 11.7. The number of hydrogen-bond donors (Lipinski definition) is 0. The molecule has 1 aliphatic heterocycles. The molecule has 1 atom stereocenters. The van der Waals surface area contributed by atoms with Crippen LogP contribution in [0.2, 0.25) is 0 Å². The molecule has 0 aromatic carbocycles. The third kappa shape index (κ3) is 1.98. The van der Waals surface area contributed by atoms with E-state index in [2.05, 4.69) is 0 Å². The summed E-state index contributed by atoms with van der Waals surface area (Å²) in [5.74, 6) is -1.55. The van der Waals surface area contributed by atoms with Crippen LogP contribution in [0.15, 0.2) is 11.1 Å². The average molecular weight is 278 g/mol. The minimum atomic E-state index is -3.85. The number of cyclic esters (lactones) is 1. The molecule has 102 valence electrons. The smallest absolute Gasteiger partial charge is 0.371 e. The maximum atomic E-state index is 12.2. The summed E-state index contributed by atoms with van der Waals surface area (Å²) in [6.45, 7) is 2.59. The van der Waals surface area contributed by atoms with E-state index in [1.165, 1.54) is 21.0 Å². The van der Waals surface area contributed by atoms with Gasteiger partial charge in [0.05, 0.1) is 7.11 Å². The van der Waals surface area contributed by atoms with E-state index in [-0.39, 0.29) is 11.1 Å². The third-order valence-electron chi connectivity index (χ3n) is 2.77. The molecule has 0 fully saturated rings. The Hall–Kier alpha value is -1.17. The summed E-state index contributed by atoms with van der Waals surface area (Å²) in [5.41, 5.74) is -1.60. The highest BCUT2D eigenvalue weighted by Crippen LogP contribution is 2.60. The van der Waals surface area contributed by atoms with E-state index in [1.54, 1.807) is 0 Å². The van der Waals surface area contributed by atoms with Gasteiger partial charge in [-0.3, -0.25) is 9.36 Å². The van der Waals surface area contributed by atoms with Gasteiger partial charge in [-0.15, -0.1) is 0 Å². The molecule has 1 unspecified atom stereocenters. The number of carbonyl (C=O) groups is 2. The molecule has 0 saturated carbocycles. The van der Waals surface area contributed by atoms with Gasteiger partial charge in [-0.05, 0) is 13.8 Å². The first-order valence-electron chi connectivity index (χ1n) is 5.02. The minimum absolute atomic E-state index is 0.146. The van der Waals surface area contributed by atoms with Gasteiger partial charge in [-0.2, -0.15) is 0 Å². The summed E-state index contributed by atoms with van der Waals surface area (Å²) in [6, 6.07) is 0. The molecule has 0 aliphatic carbocycles. The quantitative estimate of drug-likeness (QED) is 0.552. The van der Waals surface area contributed by atoms with Crippen LogP contribution in [0.5, 0.6) is 0 Å². The van der Waals surface area contributed by atoms with Crippen molar-refractivity contribution in [1.29, 1.82) is 0 Å². The van der Waals surface area contributed by atoms with Crippen molar-refractivity contribution >= 4 is 19.3 Å². The van der Waals surface area contributed by atoms with Gasteiger partial charge in [-0.25, -0.2) is 4.79 Å². The van der Waals surface area contributed by atoms with Gasteiger partial charge in [-0.1, -0.05) is 0 Å². The molecule has 0 bridgehead atoms. The lowest BCUT2D eigenvalue weighted by Crippen LogP contribution is -2.36. The standard InChI is InChI=1S/C10H15O7P/c1-6(11)10(2)8(14-3)7(9(12)17-10)18(13,15-4)16-5/h1-5H3. The maximum absolute atomic E-state index is 12.2. The Morgan fingerprint density at radius 1 is 1.28 bits per heavy atom. The molecular weight excluding hydrogens is 263 g/mol. The van der Waals surface area contributed by atoms with Gasteiger partial charge < -0.3 is 18.5 Å². The van der Waals surface area contributed by atoms with Crippen LogP contribution in [0.3, 0.4) is 0 Å². The molecule has 0 aromatic rings. The Morgan fingerprint density at radius 3 is 2.11 bits per heavy atom. The van der Waals surface area contributed by atoms with Gasteiger partial charge in [0.15, 0.2) is 16.9 Å². The van der Waals surface area contributed by atoms with Gasteiger partial charge in [0.1, 0.15) is 0 Å². The Labute approximate surface area is 105 Å². The second kappa shape index (κ2) is 4.84. The van der Waals surface area contributed by atoms with E-state index >= 15 is 0 Å². The first kappa shape index (κ1) is 14.9. The fourth-order valence-corrected chi connectivity index (χ4v) is 2.95. The van der Waals surface area contributed by atoms with Crippen molar-refractivity contribution in [3.8, 4) is 0 Å². The highest BCUT2D eigenvalue weighted by molar-refractivity contribution is 7.60. The fraction of sp³-hybridized carbons (Fsp3) is 0.600. The summed E-state index contributed by atoms with van der Waals surface area (Å²) >= 11 is 0. The van der Waals surface area contributed by atoms with Gasteiger partial charge >= 0.3 is 13.6 Å². The number of hydrogen-bond acceptors (Lipinski definition) is 7. The van der Waals surface area contributed by atoms with Crippen LogP contribution >= 0.6 is 7.60 Å². The number of carbonyl (C=O) groups excluding carboxylic acids is 2. The second-order valence-electron chi connectivity index (χ2n) is 3.72. The molecule has 8 heteroatoms. The summed E-state index contributed by atoms with van der Waals surface area (Å²) < 4.78 is 31.7. The van der Waals surface area contributed by atoms with Crippen LogP contribution in [0.25, 0.3) is 0 Å². The monoisotopic (exact) mass is 278 g/mol. The Balaban J connectivity index is 3.51. The number of Topliss-reactive ketones (excluding diaryl/α,β-unsaturated/α-hetero) is 1. The van der Waals surface area contributed by atoms with Crippen molar-refractivity contribution in [3.63, 3.8) is 0 Å². The first-order valence-corrected chi connectivity index (χ1v) is 6.56. The summed E-state index contributed by atoms with van der Waals surface area (Å²) in [6.07, 6.45) is 0. The maximum Gasteiger partial charge on any atom is 0.371 e. The van der Waals surface area contributed by atoms with Crippen molar-refractivity contribution < 1.29 is 32.7 Å². The van der Waals surface area contributed by atoms with Crippen molar-refractivity contribution in [2.45, 2.75) is 19.4 Å². The summed E-state index contributed by atoms with van der Waals surface area (Å²) in [5, 5.41) is -0.382. The molecular formula is C10H15O7P. The largest absolute Gasteiger partial charge is 0.495 e. The number of rotatable bonds is 5. The highest BCUT2D eigenvalue weighted by atomic mass is 31.2. The lowest BCUT2D eigenvalue weighted by molar-refractivity contribution is -0.155. The van der Waals surface area contributed by atoms with Crippen LogP contribution in [0.1, 0.15) is 13.8 Å². The van der Waals surface area contributed by atoms with E-state index in [0.717, 1.165) is 14.2 Å². The van der Waals surface area contributed by atoms with Crippen LogP contribution in [-0.2, 0) is 32.7 Å². The third-order valence-corrected chi connectivity index (χ3v) is 4.66. The molecule has 1 heterocycles. The van der Waals surface area contributed by atoms with E-state index in [4.69, 9.17) is 18.5 Å². The van der Waals surface area contributed by atoms with Crippen LogP contribution in [0.4, 0.5) is 0 Å². The van der Waals surface area contributed by atoms with Crippen molar-refractivity contribution in [3.05, 3.63) is 11.1 Å². The van der Waals surface area contributed by atoms with Gasteiger partial charge in [0.2, 0.25) is 5.60 Å². The van der Waals surface area contributed by atoms with E-state index < -0.39 is 24.9 Å². The lowest BCUT2D eigenvalue weighted by atomic mass is 10.0. The fourth-order valence-electron chi connectivity index (χ4n) is 1.62. The molecule has 1 aliphatic rings. The first-order chi connectivity index (χ1) is 8.26. The van der Waals surface area contributed by atoms with Crippen molar-refractivity contribution in [2.75, 3.05) is 21.3 Å². The number of esters is 1. The van der Waals surface area contributed by atoms with Crippen LogP contribution in [0, 0.1) is 0 Å². The SMILES string of the molecule is COC1=C(P(=O)(OC)OC)C(=O)OC1(C)C(C)=O. The van der Waals surface area contributed by atoms with Crippen LogP contribution in [-0.4, -0.2) is 38.7 Å². The zero-order chi connectivity index (χ0) is 14.1. The normalized spacial score (nSPS) is 24.2. The predicted octanol–water partition coefficient (Wildman–Crippen LogP) is 1.23. The Morgan fingerprint density at radius 2 is 1.78 bits per heavy atom. The van der Waals surface area contributed by atoms with E-state index in [1.807, 2.05) is 0 Å². The molecule has 0 spiro atoms. The number of ketones is 1. The van der Waals surface area contributed by atoms with Crippen molar-refractivity contribution in [1.82, 2.24) is 0 Å². The second-order valence-corrected chi connectivity index (χ2v) is 5.90. The molecule has 0 N–H and O–H groups in total. The topological polar surface area (TPSA) is 88.1 Å². The van der Waals surface area contributed by atoms with Crippen LogP contribution < -0.4 is 0 Å². The zero-order valence-electron chi connectivity index (χ0n) is 10.8. The summed E-state index contributed by atoms with van der Waals surface area (Å²) in [4.78, 5) is 23.4. The lowest BCUT2D eigenvalue weighted by Gasteiger charge is -2.21. The minimum Gasteiger partial charge on any atom is -0.495 e. The number of ether oxygens (including phenoxy) is 2. The molecule has 0 saturated heterocycles. The molecule has 1 rings (SSSR count). The van der Waals surface area contributed by atoms with E-state index in [0.29, 0.717) is 0 Å². The Kier molecular flexibility index (Phi) is 4.00. The number of methoxy groups -OCH3 is 1. The van der Waals surface area contributed by atoms with E-state index in [9.17, 15) is 14.2 Å². The molecule has 0 amide bonds. The predicted molar refractivity (Wildman–Crippen MR) is 60.8 cm³/mol. The Bertz CT molecular complexity index is 459. The van der Waals surface area contributed by atoms with Crippen molar-refractivity contribution in [2.24, 2.45) is 0 Å². The molecule has 7 nitrogen and oxygen atoms in total. The van der Waals surface area contributed by atoms with Gasteiger partial charge in [0.25, 0.3) is 0 Å².